The van der Waals surface area contributed by atoms with Crippen molar-refractivity contribution in [1.82, 2.24) is 4.98 Å². The molecule has 0 bridgehead atoms. The first-order valence-electron chi connectivity index (χ1n) is 5.23. The van der Waals surface area contributed by atoms with Crippen molar-refractivity contribution in [2.45, 2.75) is 0 Å². The van der Waals surface area contributed by atoms with Crippen LogP contribution >= 0.6 is 15.9 Å². The zero-order chi connectivity index (χ0) is 14.0. The first kappa shape index (κ1) is 13.5. The average Bonchev–Trinajstić information content (AvgIpc) is 2.38. The lowest BCUT2D eigenvalue weighted by Gasteiger charge is -2.10. The summed E-state index contributed by atoms with van der Waals surface area (Å²) in [4.78, 5) is 3.61. The SMILES string of the molecule is COc1cc(Nc2nc(N)c(F)cc2F)ccc1Br. The van der Waals surface area contributed by atoms with Gasteiger partial charge in [0.1, 0.15) is 5.75 Å². The van der Waals surface area contributed by atoms with Gasteiger partial charge in [0.15, 0.2) is 23.3 Å². The number of nitrogens with one attached hydrogen (secondary N) is 1. The van der Waals surface area contributed by atoms with Crippen LogP contribution in [0.15, 0.2) is 28.7 Å². The normalized spacial score (nSPS) is 10.3. The van der Waals surface area contributed by atoms with Crippen molar-refractivity contribution >= 4 is 33.3 Å². The van der Waals surface area contributed by atoms with E-state index in [1.807, 2.05) is 0 Å². The number of halogens is 3. The quantitative estimate of drug-likeness (QED) is 0.905. The molecule has 100 valence electrons. The number of aromatic nitrogens is 1. The Bertz CT molecular complexity index is 622. The van der Waals surface area contributed by atoms with Gasteiger partial charge in [-0.2, -0.15) is 0 Å². The highest BCUT2D eigenvalue weighted by molar-refractivity contribution is 9.10. The van der Waals surface area contributed by atoms with E-state index in [1.54, 1.807) is 18.2 Å². The molecule has 0 spiro atoms. The van der Waals surface area contributed by atoms with E-state index in [0.717, 1.165) is 4.47 Å². The second-order valence-corrected chi connectivity index (χ2v) is 4.51. The molecule has 0 aliphatic rings. The third-order valence-electron chi connectivity index (χ3n) is 2.37. The molecule has 19 heavy (non-hydrogen) atoms. The molecule has 0 fully saturated rings. The highest BCUT2D eigenvalue weighted by atomic mass is 79.9. The summed E-state index contributed by atoms with van der Waals surface area (Å²) in [6.07, 6.45) is 0. The van der Waals surface area contributed by atoms with Gasteiger partial charge in [-0.05, 0) is 28.1 Å². The van der Waals surface area contributed by atoms with Gasteiger partial charge in [-0.1, -0.05) is 0 Å². The van der Waals surface area contributed by atoms with Crippen LogP contribution in [0.3, 0.4) is 0 Å². The topological polar surface area (TPSA) is 60.2 Å². The van der Waals surface area contributed by atoms with E-state index in [1.165, 1.54) is 7.11 Å². The summed E-state index contributed by atoms with van der Waals surface area (Å²) >= 11 is 3.30. The van der Waals surface area contributed by atoms with Crippen molar-refractivity contribution in [3.63, 3.8) is 0 Å². The standard InChI is InChI=1S/C12H10BrF2N3O/c1-19-10-4-6(2-3-7(10)13)17-12-9(15)5-8(14)11(16)18-12/h2-5H,1H3,(H3,16,17,18). The first-order valence-corrected chi connectivity index (χ1v) is 6.02. The lowest BCUT2D eigenvalue weighted by atomic mass is 10.3. The summed E-state index contributed by atoms with van der Waals surface area (Å²) < 4.78 is 32.4. The van der Waals surface area contributed by atoms with Gasteiger partial charge in [0, 0.05) is 17.8 Å². The fourth-order valence-corrected chi connectivity index (χ4v) is 1.85. The summed E-state index contributed by atoms with van der Waals surface area (Å²) in [6.45, 7) is 0. The monoisotopic (exact) mass is 329 g/mol. The fraction of sp³-hybridized carbons (Fsp3) is 0.0833. The van der Waals surface area contributed by atoms with E-state index in [4.69, 9.17) is 10.5 Å². The van der Waals surface area contributed by atoms with Crippen molar-refractivity contribution < 1.29 is 13.5 Å². The molecule has 1 heterocycles. The molecule has 7 heteroatoms. The highest BCUT2D eigenvalue weighted by Gasteiger charge is 2.10. The van der Waals surface area contributed by atoms with Crippen LogP contribution in [0.4, 0.5) is 26.1 Å². The lowest BCUT2D eigenvalue weighted by molar-refractivity contribution is 0.412. The van der Waals surface area contributed by atoms with Crippen LogP contribution in [-0.2, 0) is 0 Å². The van der Waals surface area contributed by atoms with Gasteiger partial charge in [-0.3, -0.25) is 0 Å². The summed E-state index contributed by atoms with van der Waals surface area (Å²) in [6, 6.07) is 5.74. The lowest BCUT2D eigenvalue weighted by Crippen LogP contribution is -2.03. The van der Waals surface area contributed by atoms with Crippen LogP contribution in [-0.4, -0.2) is 12.1 Å². The Balaban J connectivity index is 2.33. The van der Waals surface area contributed by atoms with E-state index in [9.17, 15) is 8.78 Å². The van der Waals surface area contributed by atoms with Crippen LogP contribution in [0.25, 0.3) is 0 Å². The van der Waals surface area contributed by atoms with Crippen LogP contribution in [0.2, 0.25) is 0 Å². The molecule has 1 aromatic carbocycles. The van der Waals surface area contributed by atoms with Crippen molar-refractivity contribution in [2.24, 2.45) is 0 Å². The molecule has 0 aliphatic heterocycles. The Morgan fingerprint density at radius 2 is 2.00 bits per heavy atom. The fourth-order valence-electron chi connectivity index (χ4n) is 1.44. The minimum absolute atomic E-state index is 0.150. The molecule has 4 nitrogen and oxygen atoms in total. The predicted octanol–water partition coefficient (Wildman–Crippen LogP) is 3.46. The van der Waals surface area contributed by atoms with Crippen LogP contribution in [0, 0.1) is 11.6 Å². The summed E-state index contributed by atoms with van der Waals surface area (Å²) in [5.74, 6) is -1.67. The molecule has 0 saturated carbocycles. The molecule has 1 aromatic heterocycles. The van der Waals surface area contributed by atoms with Gasteiger partial charge < -0.3 is 15.8 Å². The summed E-state index contributed by atoms with van der Waals surface area (Å²) in [5, 5.41) is 2.71. The van der Waals surface area contributed by atoms with Crippen LogP contribution < -0.4 is 15.8 Å². The second-order valence-electron chi connectivity index (χ2n) is 3.66. The number of hydrogen-bond donors (Lipinski definition) is 2. The molecule has 0 amide bonds. The Hall–Kier alpha value is -1.89. The number of pyridine rings is 1. The molecule has 0 atom stereocenters. The van der Waals surface area contributed by atoms with E-state index >= 15 is 0 Å². The van der Waals surface area contributed by atoms with Gasteiger partial charge >= 0.3 is 0 Å². The molecule has 0 unspecified atom stereocenters. The highest BCUT2D eigenvalue weighted by Crippen LogP contribution is 2.29. The van der Waals surface area contributed by atoms with Gasteiger partial charge in [-0.15, -0.1) is 0 Å². The van der Waals surface area contributed by atoms with Gasteiger partial charge in [0.2, 0.25) is 0 Å². The minimum atomic E-state index is -0.892. The molecule has 2 rings (SSSR count). The number of ether oxygens (including phenoxy) is 1. The zero-order valence-corrected chi connectivity index (χ0v) is 11.5. The van der Waals surface area contributed by atoms with Gasteiger partial charge in [0.25, 0.3) is 0 Å². The Morgan fingerprint density at radius 3 is 2.68 bits per heavy atom. The molecular formula is C12H10BrF2N3O. The van der Waals surface area contributed by atoms with Crippen molar-refractivity contribution in [3.8, 4) is 5.75 Å². The predicted molar refractivity (Wildman–Crippen MR) is 72.5 cm³/mol. The average molecular weight is 330 g/mol. The number of nitrogen functional groups attached to an aromatic ring is 1. The number of methoxy groups -OCH3 is 1. The second kappa shape index (κ2) is 5.40. The third-order valence-corrected chi connectivity index (χ3v) is 3.03. The van der Waals surface area contributed by atoms with E-state index < -0.39 is 11.6 Å². The maximum Gasteiger partial charge on any atom is 0.169 e. The molecule has 0 radical (unpaired) electrons. The molecular weight excluding hydrogens is 320 g/mol. The van der Waals surface area contributed by atoms with Crippen LogP contribution in [0.1, 0.15) is 0 Å². The van der Waals surface area contributed by atoms with Crippen molar-refractivity contribution in [2.75, 3.05) is 18.2 Å². The largest absolute Gasteiger partial charge is 0.495 e. The first-order chi connectivity index (χ1) is 9.01. The minimum Gasteiger partial charge on any atom is -0.495 e. The molecule has 3 N–H and O–H groups in total. The number of benzene rings is 1. The molecule has 0 aliphatic carbocycles. The number of hydrogen-bond acceptors (Lipinski definition) is 4. The molecule has 2 aromatic rings. The number of rotatable bonds is 3. The molecule has 0 saturated heterocycles. The maximum absolute atomic E-state index is 13.5. The number of nitrogens with zero attached hydrogens (tertiary/aromatic N) is 1. The van der Waals surface area contributed by atoms with E-state index in [2.05, 4.69) is 26.2 Å². The maximum atomic E-state index is 13.5. The Morgan fingerprint density at radius 1 is 1.26 bits per heavy atom. The number of nitrogens with two attached hydrogens (primary N) is 1. The van der Waals surface area contributed by atoms with Gasteiger partial charge in [-0.25, -0.2) is 13.8 Å². The van der Waals surface area contributed by atoms with Gasteiger partial charge in [0.05, 0.1) is 11.6 Å². The van der Waals surface area contributed by atoms with Crippen molar-refractivity contribution in [1.29, 1.82) is 0 Å². The van der Waals surface area contributed by atoms with Crippen molar-refractivity contribution in [3.05, 3.63) is 40.4 Å². The zero-order valence-electron chi connectivity index (χ0n) is 9.88. The summed E-state index contributed by atoms with van der Waals surface area (Å²) in [5.41, 5.74) is 5.84. The van der Waals surface area contributed by atoms with Crippen LogP contribution in [0.5, 0.6) is 5.75 Å². The number of anilines is 3. The Kier molecular flexibility index (Phi) is 3.84. The van der Waals surface area contributed by atoms with E-state index in [0.29, 0.717) is 17.5 Å². The summed E-state index contributed by atoms with van der Waals surface area (Å²) in [7, 11) is 1.51. The van der Waals surface area contributed by atoms with E-state index in [-0.39, 0.29) is 11.6 Å². The smallest absolute Gasteiger partial charge is 0.169 e. The Labute approximate surface area is 116 Å². The third kappa shape index (κ3) is 2.93.